The molecule has 0 aliphatic rings. The lowest BCUT2D eigenvalue weighted by atomic mass is 10.1. The molecule has 0 aromatic carbocycles. The van der Waals surface area contributed by atoms with Crippen molar-refractivity contribution >= 4 is 17.9 Å². The number of allylic oxidation sites excluding steroid dienone is 16. The summed E-state index contributed by atoms with van der Waals surface area (Å²) in [6.07, 6.45) is 84.2. The third kappa shape index (κ3) is 61.1. The molecule has 75 heavy (non-hydrogen) atoms. The molecular formula is C69H118O6. The SMILES string of the molecule is CC/C=C\C/C=C\C/C=C\C/C=C\C/C=C\C/C=C\CCC(=O)OCC(COC(=O)CCCCCCCCCCC/C=C\CCCCCCCC)OC(=O)CCCCCCCCCCC/C=C\CCCCCCCC. The maximum Gasteiger partial charge on any atom is 0.306 e. The first-order valence-electron chi connectivity index (χ1n) is 31.7. The van der Waals surface area contributed by atoms with Crippen molar-refractivity contribution in [2.24, 2.45) is 0 Å². The van der Waals surface area contributed by atoms with Gasteiger partial charge in [0.1, 0.15) is 13.2 Å². The van der Waals surface area contributed by atoms with Gasteiger partial charge in [-0.2, -0.15) is 0 Å². The van der Waals surface area contributed by atoms with Crippen LogP contribution in [0.25, 0.3) is 0 Å². The smallest absolute Gasteiger partial charge is 0.306 e. The summed E-state index contributed by atoms with van der Waals surface area (Å²) in [5.41, 5.74) is 0. The van der Waals surface area contributed by atoms with Gasteiger partial charge in [-0.15, -0.1) is 0 Å². The van der Waals surface area contributed by atoms with Crippen LogP contribution in [0.2, 0.25) is 0 Å². The van der Waals surface area contributed by atoms with Gasteiger partial charge in [0.2, 0.25) is 0 Å². The Labute approximate surface area is 464 Å². The van der Waals surface area contributed by atoms with Crippen LogP contribution in [0.3, 0.4) is 0 Å². The number of rotatable bonds is 57. The van der Waals surface area contributed by atoms with Gasteiger partial charge in [-0.1, -0.05) is 272 Å². The van der Waals surface area contributed by atoms with E-state index < -0.39 is 6.10 Å². The molecule has 0 aromatic heterocycles. The summed E-state index contributed by atoms with van der Waals surface area (Å²) < 4.78 is 16.9. The van der Waals surface area contributed by atoms with Crippen LogP contribution in [0.15, 0.2) is 97.2 Å². The van der Waals surface area contributed by atoms with Gasteiger partial charge < -0.3 is 14.2 Å². The number of carbonyl (C=O) groups excluding carboxylic acids is 3. The van der Waals surface area contributed by atoms with Crippen molar-refractivity contribution in [1.82, 2.24) is 0 Å². The van der Waals surface area contributed by atoms with Crippen LogP contribution in [-0.4, -0.2) is 37.2 Å². The van der Waals surface area contributed by atoms with Crippen LogP contribution in [-0.2, 0) is 28.6 Å². The Morgan fingerprint density at radius 2 is 0.547 bits per heavy atom. The predicted octanol–water partition coefficient (Wildman–Crippen LogP) is 21.7. The molecule has 0 N–H and O–H groups in total. The highest BCUT2D eigenvalue weighted by Gasteiger charge is 2.19. The molecule has 0 aliphatic carbocycles. The molecular weight excluding hydrogens is 925 g/mol. The first kappa shape index (κ1) is 71.3. The lowest BCUT2D eigenvalue weighted by molar-refractivity contribution is -0.166. The van der Waals surface area contributed by atoms with Crippen molar-refractivity contribution in [1.29, 1.82) is 0 Å². The summed E-state index contributed by atoms with van der Waals surface area (Å²) in [4.78, 5) is 38.3. The van der Waals surface area contributed by atoms with Crippen molar-refractivity contribution in [3.8, 4) is 0 Å². The summed E-state index contributed by atoms with van der Waals surface area (Å²) in [7, 11) is 0. The van der Waals surface area contributed by atoms with Crippen LogP contribution in [0.5, 0.6) is 0 Å². The van der Waals surface area contributed by atoms with E-state index in [1.807, 2.05) is 6.08 Å². The van der Waals surface area contributed by atoms with Crippen molar-refractivity contribution in [3.05, 3.63) is 97.2 Å². The molecule has 0 saturated carbocycles. The monoisotopic (exact) mass is 1040 g/mol. The summed E-state index contributed by atoms with van der Waals surface area (Å²) in [6, 6.07) is 0. The Morgan fingerprint density at radius 3 is 0.893 bits per heavy atom. The van der Waals surface area contributed by atoms with Crippen molar-refractivity contribution < 1.29 is 28.6 Å². The fourth-order valence-electron chi connectivity index (χ4n) is 8.81. The van der Waals surface area contributed by atoms with E-state index in [1.165, 1.54) is 180 Å². The average Bonchev–Trinajstić information content (AvgIpc) is 3.41. The Morgan fingerprint density at radius 1 is 0.280 bits per heavy atom. The van der Waals surface area contributed by atoms with Crippen molar-refractivity contribution in [2.75, 3.05) is 13.2 Å². The molecule has 0 radical (unpaired) electrons. The topological polar surface area (TPSA) is 78.9 Å². The normalized spacial score (nSPS) is 12.7. The van der Waals surface area contributed by atoms with Crippen molar-refractivity contribution in [2.45, 2.75) is 309 Å². The molecule has 0 saturated heterocycles. The zero-order valence-corrected chi connectivity index (χ0v) is 49.3. The molecule has 6 heteroatoms. The maximum absolute atomic E-state index is 12.9. The van der Waals surface area contributed by atoms with E-state index in [1.54, 1.807) is 0 Å². The van der Waals surface area contributed by atoms with E-state index in [2.05, 4.69) is 112 Å². The molecule has 0 bridgehead atoms. The number of ether oxygens (including phenoxy) is 3. The number of hydrogen-bond acceptors (Lipinski definition) is 6. The summed E-state index contributed by atoms with van der Waals surface area (Å²) in [5, 5.41) is 0. The van der Waals surface area contributed by atoms with Crippen molar-refractivity contribution in [3.63, 3.8) is 0 Å². The van der Waals surface area contributed by atoms with Crippen LogP contribution < -0.4 is 0 Å². The molecule has 0 fully saturated rings. The molecule has 0 heterocycles. The molecule has 0 spiro atoms. The molecule has 0 amide bonds. The van der Waals surface area contributed by atoms with Gasteiger partial charge >= 0.3 is 17.9 Å². The van der Waals surface area contributed by atoms with Gasteiger partial charge in [-0.3, -0.25) is 14.4 Å². The van der Waals surface area contributed by atoms with E-state index in [0.717, 1.165) is 77.0 Å². The minimum absolute atomic E-state index is 0.102. The first-order chi connectivity index (χ1) is 37.0. The molecule has 0 aliphatic heterocycles. The highest BCUT2D eigenvalue weighted by atomic mass is 16.6. The summed E-state index contributed by atoms with van der Waals surface area (Å²) in [6.45, 7) is 6.48. The van der Waals surface area contributed by atoms with Gasteiger partial charge in [0.15, 0.2) is 6.10 Å². The lowest BCUT2D eigenvalue weighted by Gasteiger charge is -2.18. The Kier molecular flexibility index (Phi) is 59.8. The number of esters is 3. The maximum atomic E-state index is 12.9. The second-order valence-corrected chi connectivity index (χ2v) is 20.9. The third-order valence-corrected chi connectivity index (χ3v) is 13.6. The van der Waals surface area contributed by atoms with Crippen LogP contribution in [0, 0.1) is 0 Å². The summed E-state index contributed by atoms with van der Waals surface area (Å²) in [5.74, 6) is -0.984. The quantitative estimate of drug-likeness (QED) is 0.0261. The first-order valence-corrected chi connectivity index (χ1v) is 31.7. The molecule has 1 unspecified atom stereocenters. The standard InChI is InChI=1S/C69H118O6/c1-4-7-10-13-16-19-22-25-28-31-34-37-40-43-46-49-52-55-58-61-67(70)73-64-66(75-69(72)63-60-57-54-51-48-45-42-39-36-33-30-27-24-21-18-15-12-9-6-3)65-74-68(71)62-59-56-53-50-47-44-41-38-35-32-29-26-23-20-17-14-11-8-5-2/h7,10,16,19,25-30,34,37,43,46,52,55,66H,4-6,8-9,11-15,17-18,20-24,31-33,35-36,38-42,44-45,47-51,53-54,56-65H2,1-3H3/b10-7-,19-16-,28-25-,29-26-,30-27-,37-34-,46-43-,55-52-. The molecule has 0 rings (SSSR count). The number of hydrogen-bond donors (Lipinski definition) is 0. The van der Waals surface area contributed by atoms with Gasteiger partial charge in [0, 0.05) is 19.3 Å². The van der Waals surface area contributed by atoms with Crippen LogP contribution >= 0.6 is 0 Å². The Bertz CT molecular complexity index is 1480. The van der Waals surface area contributed by atoms with Gasteiger partial charge in [0.05, 0.1) is 0 Å². The zero-order valence-electron chi connectivity index (χ0n) is 49.3. The van der Waals surface area contributed by atoms with Gasteiger partial charge in [-0.25, -0.2) is 0 Å². The highest BCUT2D eigenvalue weighted by Crippen LogP contribution is 2.16. The van der Waals surface area contributed by atoms with Gasteiger partial charge in [-0.05, 0) is 109 Å². The fourth-order valence-corrected chi connectivity index (χ4v) is 8.81. The fraction of sp³-hybridized carbons (Fsp3) is 0.725. The molecule has 1 atom stereocenters. The zero-order chi connectivity index (χ0) is 54.3. The lowest BCUT2D eigenvalue weighted by Crippen LogP contribution is -2.30. The van der Waals surface area contributed by atoms with E-state index in [0.29, 0.717) is 19.3 Å². The van der Waals surface area contributed by atoms with E-state index in [4.69, 9.17) is 14.2 Å². The minimum atomic E-state index is -0.812. The second kappa shape index (κ2) is 62.9. The Hall–Kier alpha value is -3.67. The molecule has 0 aromatic rings. The molecule has 430 valence electrons. The number of carbonyl (C=O) groups is 3. The summed E-state index contributed by atoms with van der Waals surface area (Å²) >= 11 is 0. The largest absolute Gasteiger partial charge is 0.462 e. The minimum Gasteiger partial charge on any atom is -0.462 e. The van der Waals surface area contributed by atoms with E-state index >= 15 is 0 Å². The van der Waals surface area contributed by atoms with Crippen LogP contribution in [0.4, 0.5) is 0 Å². The Balaban J connectivity index is 4.48. The second-order valence-electron chi connectivity index (χ2n) is 20.9. The predicted molar refractivity (Wildman–Crippen MR) is 325 cm³/mol. The van der Waals surface area contributed by atoms with E-state index in [-0.39, 0.29) is 37.5 Å². The highest BCUT2D eigenvalue weighted by molar-refractivity contribution is 5.71. The molecule has 6 nitrogen and oxygen atoms in total. The number of unbranched alkanes of at least 4 members (excludes halogenated alkanes) is 30. The van der Waals surface area contributed by atoms with E-state index in [9.17, 15) is 14.4 Å². The third-order valence-electron chi connectivity index (χ3n) is 13.6. The average molecular weight is 1040 g/mol. The van der Waals surface area contributed by atoms with Crippen LogP contribution in [0.1, 0.15) is 303 Å². The van der Waals surface area contributed by atoms with Gasteiger partial charge in [0.25, 0.3) is 0 Å².